The molecule has 0 aliphatic carbocycles. The van der Waals surface area contributed by atoms with E-state index in [0.717, 1.165) is 5.56 Å². The van der Waals surface area contributed by atoms with Crippen LogP contribution in [0.25, 0.3) is 12.2 Å². The third-order valence-corrected chi connectivity index (χ3v) is 1.77. The summed E-state index contributed by atoms with van der Waals surface area (Å²) in [6, 6.07) is 0. The molecule has 84 valence electrons. The summed E-state index contributed by atoms with van der Waals surface area (Å²) < 4.78 is 5.00. The van der Waals surface area contributed by atoms with Gasteiger partial charge in [0.2, 0.25) is 0 Å². The topological polar surface area (TPSA) is 53.6 Å². The van der Waals surface area contributed by atoms with E-state index in [9.17, 15) is 5.11 Å². The Balaban J connectivity index is 0.000000921. The van der Waals surface area contributed by atoms with E-state index < -0.39 is 0 Å². The average molecular weight is 210 g/mol. The molecule has 3 nitrogen and oxygen atoms in total. The van der Waals surface area contributed by atoms with Crippen LogP contribution in [-0.4, -0.2) is 16.8 Å². The fraction of sp³-hybridized carbons (Fsp3) is 0.333. The SMILES string of the molecule is C=Cc1oc(O)c(C)c1/C=C\CO.CC. The molecule has 1 aromatic heterocycles. The highest BCUT2D eigenvalue weighted by Gasteiger charge is 2.10. The molecule has 0 fully saturated rings. The first-order valence-electron chi connectivity index (χ1n) is 4.93. The molecule has 0 saturated carbocycles. The first-order chi connectivity index (χ1) is 7.20. The molecule has 0 unspecified atom stereocenters. The van der Waals surface area contributed by atoms with Crippen molar-refractivity contribution in [1.29, 1.82) is 0 Å². The van der Waals surface area contributed by atoms with Crippen LogP contribution in [0.3, 0.4) is 0 Å². The molecule has 1 rings (SSSR count). The van der Waals surface area contributed by atoms with Crippen LogP contribution >= 0.6 is 0 Å². The lowest BCUT2D eigenvalue weighted by molar-refractivity contribution is 0.327. The van der Waals surface area contributed by atoms with Crippen LogP contribution in [0.1, 0.15) is 30.7 Å². The van der Waals surface area contributed by atoms with Crippen LogP contribution in [0.2, 0.25) is 0 Å². The van der Waals surface area contributed by atoms with Crippen LogP contribution in [0, 0.1) is 6.92 Å². The van der Waals surface area contributed by atoms with E-state index in [1.165, 1.54) is 6.08 Å². The molecule has 3 heteroatoms. The minimum absolute atomic E-state index is 0.0397. The minimum atomic E-state index is -0.104. The molecule has 0 radical (unpaired) electrons. The lowest BCUT2D eigenvalue weighted by atomic mass is 10.1. The van der Waals surface area contributed by atoms with Gasteiger partial charge < -0.3 is 14.6 Å². The fourth-order valence-corrected chi connectivity index (χ4v) is 1.06. The van der Waals surface area contributed by atoms with Gasteiger partial charge >= 0.3 is 0 Å². The standard InChI is InChI=1S/C10H12O3.C2H6/c1-3-9-8(5-4-6-11)7(2)10(12)13-9;1-2/h3-5,11-12H,1,6H2,2H3;1-2H3/b5-4-;. The van der Waals surface area contributed by atoms with E-state index in [-0.39, 0.29) is 12.6 Å². The quantitative estimate of drug-likeness (QED) is 0.806. The Morgan fingerprint density at radius 3 is 2.47 bits per heavy atom. The van der Waals surface area contributed by atoms with E-state index in [2.05, 4.69) is 6.58 Å². The Bertz CT molecular complexity index is 335. The van der Waals surface area contributed by atoms with Gasteiger partial charge in [-0.2, -0.15) is 0 Å². The second-order valence-electron chi connectivity index (χ2n) is 2.60. The maximum absolute atomic E-state index is 9.24. The lowest BCUT2D eigenvalue weighted by Crippen LogP contribution is -1.77. The van der Waals surface area contributed by atoms with Gasteiger partial charge in [0.15, 0.2) is 0 Å². The smallest absolute Gasteiger partial charge is 0.285 e. The maximum atomic E-state index is 9.24. The summed E-state index contributed by atoms with van der Waals surface area (Å²) in [4.78, 5) is 0. The van der Waals surface area contributed by atoms with E-state index in [0.29, 0.717) is 11.3 Å². The van der Waals surface area contributed by atoms with Crippen molar-refractivity contribution in [2.75, 3.05) is 6.61 Å². The third kappa shape index (κ3) is 3.29. The van der Waals surface area contributed by atoms with E-state index in [1.54, 1.807) is 19.1 Å². The van der Waals surface area contributed by atoms with Crippen LogP contribution in [0.4, 0.5) is 0 Å². The van der Waals surface area contributed by atoms with E-state index >= 15 is 0 Å². The van der Waals surface area contributed by atoms with Crippen LogP contribution in [0.5, 0.6) is 5.95 Å². The third-order valence-electron chi connectivity index (χ3n) is 1.77. The summed E-state index contributed by atoms with van der Waals surface area (Å²) in [6.45, 7) is 9.25. The van der Waals surface area contributed by atoms with Gasteiger partial charge in [-0.3, -0.25) is 0 Å². The van der Waals surface area contributed by atoms with Crippen molar-refractivity contribution in [1.82, 2.24) is 0 Å². The molecule has 2 N–H and O–H groups in total. The molecule has 0 aliphatic heterocycles. The number of aliphatic hydroxyl groups is 1. The number of hydrogen-bond donors (Lipinski definition) is 2. The molecule has 0 aromatic carbocycles. The molecule has 0 saturated heterocycles. The predicted molar refractivity (Wildman–Crippen MR) is 62.7 cm³/mol. The van der Waals surface area contributed by atoms with Crippen molar-refractivity contribution < 1.29 is 14.6 Å². The minimum Gasteiger partial charge on any atom is -0.480 e. The summed E-state index contributed by atoms with van der Waals surface area (Å²) in [7, 11) is 0. The molecule has 1 heterocycles. The molecule has 0 spiro atoms. The second kappa shape index (κ2) is 6.90. The van der Waals surface area contributed by atoms with E-state index in [4.69, 9.17) is 9.52 Å². The largest absolute Gasteiger partial charge is 0.480 e. The fourth-order valence-electron chi connectivity index (χ4n) is 1.06. The first kappa shape index (κ1) is 13.5. The summed E-state index contributed by atoms with van der Waals surface area (Å²) >= 11 is 0. The summed E-state index contributed by atoms with van der Waals surface area (Å²) in [6.07, 6.45) is 4.78. The Morgan fingerprint density at radius 1 is 1.40 bits per heavy atom. The van der Waals surface area contributed by atoms with Gasteiger partial charge in [0.1, 0.15) is 5.76 Å². The lowest BCUT2D eigenvalue weighted by Gasteiger charge is -1.90. The Hall–Kier alpha value is -1.48. The van der Waals surface area contributed by atoms with Crippen LogP contribution in [-0.2, 0) is 0 Å². The Labute approximate surface area is 90.4 Å². The number of furan rings is 1. The zero-order chi connectivity index (χ0) is 11.8. The molecular weight excluding hydrogens is 192 g/mol. The average Bonchev–Trinajstić information content (AvgIpc) is 2.55. The molecule has 0 bridgehead atoms. The van der Waals surface area contributed by atoms with Crippen molar-refractivity contribution in [3.63, 3.8) is 0 Å². The number of rotatable bonds is 3. The summed E-state index contributed by atoms with van der Waals surface area (Å²) in [5.41, 5.74) is 1.40. The monoisotopic (exact) mass is 210 g/mol. The highest BCUT2D eigenvalue weighted by atomic mass is 16.5. The molecule has 0 amide bonds. The number of aliphatic hydroxyl groups excluding tert-OH is 1. The predicted octanol–water partition coefficient (Wildman–Crippen LogP) is 2.97. The molecule has 15 heavy (non-hydrogen) atoms. The van der Waals surface area contributed by atoms with Gasteiger partial charge in [-0.1, -0.05) is 32.6 Å². The summed E-state index contributed by atoms with van der Waals surface area (Å²) in [5.74, 6) is 0.409. The van der Waals surface area contributed by atoms with Gasteiger partial charge in [0.05, 0.1) is 6.61 Å². The number of aromatic hydroxyl groups is 1. The van der Waals surface area contributed by atoms with Crippen LogP contribution in [0.15, 0.2) is 17.1 Å². The Morgan fingerprint density at radius 2 is 2.00 bits per heavy atom. The van der Waals surface area contributed by atoms with Crippen molar-refractivity contribution >= 4 is 12.2 Å². The van der Waals surface area contributed by atoms with Crippen LogP contribution < -0.4 is 0 Å². The second-order valence-corrected chi connectivity index (χ2v) is 2.60. The summed E-state index contributed by atoms with van der Waals surface area (Å²) in [5, 5.41) is 17.8. The van der Waals surface area contributed by atoms with E-state index in [1.807, 2.05) is 13.8 Å². The number of hydrogen-bond acceptors (Lipinski definition) is 3. The maximum Gasteiger partial charge on any atom is 0.285 e. The molecular formula is C12H18O3. The molecule has 0 atom stereocenters. The van der Waals surface area contributed by atoms with Crippen molar-refractivity contribution in [2.45, 2.75) is 20.8 Å². The van der Waals surface area contributed by atoms with Crippen molar-refractivity contribution in [3.8, 4) is 5.95 Å². The molecule has 1 aromatic rings. The van der Waals surface area contributed by atoms with Gasteiger partial charge in [-0.05, 0) is 13.0 Å². The zero-order valence-electron chi connectivity index (χ0n) is 9.45. The van der Waals surface area contributed by atoms with Gasteiger partial charge in [0, 0.05) is 11.1 Å². The highest BCUT2D eigenvalue weighted by Crippen LogP contribution is 2.29. The van der Waals surface area contributed by atoms with Gasteiger partial charge in [0.25, 0.3) is 5.95 Å². The Kier molecular flexibility index (Phi) is 6.22. The normalized spacial score (nSPS) is 9.87. The van der Waals surface area contributed by atoms with Crippen molar-refractivity contribution in [2.24, 2.45) is 0 Å². The highest BCUT2D eigenvalue weighted by molar-refractivity contribution is 5.65. The molecule has 0 aliphatic rings. The first-order valence-corrected chi connectivity index (χ1v) is 4.93. The van der Waals surface area contributed by atoms with Crippen molar-refractivity contribution in [3.05, 3.63) is 29.5 Å². The van der Waals surface area contributed by atoms with Gasteiger partial charge in [-0.25, -0.2) is 0 Å². The van der Waals surface area contributed by atoms with Gasteiger partial charge in [-0.15, -0.1) is 0 Å². The zero-order valence-corrected chi connectivity index (χ0v) is 9.45.